The number of aromatic nitrogens is 3. The fourth-order valence-electron chi connectivity index (χ4n) is 4.32. The lowest BCUT2D eigenvalue weighted by Crippen LogP contribution is -2.49. The van der Waals surface area contributed by atoms with Gasteiger partial charge in [0.15, 0.2) is 5.83 Å². The Morgan fingerprint density at radius 3 is 2.44 bits per heavy atom. The van der Waals surface area contributed by atoms with E-state index in [9.17, 15) is 26.4 Å². The molecule has 1 aliphatic rings. The van der Waals surface area contributed by atoms with E-state index in [0.29, 0.717) is 60.1 Å². The van der Waals surface area contributed by atoms with Gasteiger partial charge in [-0.1, -0.05) is 12.6 Å². The number of piperazine rings is 1. The molecule has 4 aromatic rings. The van der Waals surface area contributed by atoms with Crippen LogP contribution in [0, 0.1) is 11.6 Å². The zero-order valence-electron chi connectivity index (χ0n) is 20.3. The first-order valence-corrected chi connectivity index (χ1v) is 13.2. The number of hydrogen-bond donors (Lipinski definition) is 1. The second-order valence-corrected chi connectivity index (χ2v) is 10.4. The summed E-state index contributed by atoms with van der Waals surface area (Å²) in [5.41, 5.74) is 1.98. The first-order chi connectivity index (χ1) is 18.6. The summed E-state index contributed by atoms with van der Waals surface area (Å²) in [6, 6.07) is 9.14. The van der Waals surface area contributed by atoms with Crippen molar-refractivity contribution >= 4 is 38.3 Å². The molecule has 0 radical (unpaired) electrons. The molecular weight excluding hydrogens is 533 g/mol. The Hall–Kier alpha value is -4.52. The molecule has 0 saturated carbocycles. The van der Waals surface area contributed by atoms with Gasteiger partial charge in [0.2, 0.25) is 0 Å². The van der Waals surface area contributed by atoms with Crippen molar-refractivity contribution in [1.29, 1.82) is 0 Å². The molecule has 13 heteroatoms. The van der Waals surface area contributed by atoms with Gasteiger partial charge in [-0.3, -0.25) is 14.5 Å². The van der Waals surface area contributed by atoms with Crippen molar-refractivity contribution in [2.24, 2.45) is 0 Å². The minimum absolute atomic E-state index is 0.0797. The monoisotopic (exact) mass is 554 g/mol. The van der Waals surface area contributed by atoms with E-state index in [1.807, 2.05) is 11.0 Å². The Kier molecular flexibility index (Phi) is 6.91. The van der Waals surface area contributed by atoms with Gasteiger partial charge in [-0.25, -0.2) is 31.6 Å². The predicted octanol–water partition coefficient (Wildman–Crippen LogP) is 3.90. The van der Waals surface area contributed by atoms with Crippen molar-refractivity contribution in [2.45, 2.75) is 4.90 Å². The maximum absolute atomic E-state index is 14.1. The number of amides is 1. The molecule has 9 nitrogen and oxygen atoms in total. The number of rotatable bonds is 6. The largest absolute Gasteiger partial charge is 0.352 e. The summed E-state index contributed by atoms with van der Waals surface area (Å²) in [6.45, 7) is 4.52. The number of carbonyl (C=O) groups is 1. The zero-order chi connectivity index (χ0) is 27.7. The van der Waals surface area contributed by atoms with E-state index in [1.54, 1.807) is 12.1 Å². The van der Waals surface area contributed by atoms with Crippen molar-refractivity contribution in [3.05, 3.63) is 85.2 Å². The van der Waals surface area contributed by atoms with Crippen molar-refractivity contribution in [3.63, 3.8) is 0 Å². The molecule has 1 aliphatic heterocycles. The fraction of sp³-hybridized carbons (Fsp3) is 0.154. The standard InChI is InChI=1S/C26H21F3N6O3S/c1-16(27)26(36)35-8-6-34(7-9-35)25-21-11-17(2-4-23(21)31-15-32-25)18-10-20(14-30-13-18)33-39(37,38)24-5-3-19(28)12-22(24)29/h2-5,10-15,33H,1,6-9H2. The summed E-state index contributed by atoms with van der Waals surface area (Å²) in [4.78, 5) is 27.4. The van der Waals surface area contributed by atoms with Crippen LogP contribution in [-0.2, 0) is 14.8 Å². The Labute approximate surface area is 221 Å². The van der Waals surface area contributed by atoms with Crippen molar-refractivity contribution in [3.8, 4) is 11.1 Å². The van der Waals surface area contributed by atoms with E-state index in [4.69, 9.17) is 0 Å². The molecule has 0 bridgehead atoms. The molecule has 200 valence electrons. The summed E-state index contributed by atoms with van der Waals surface area (Å²) in [5.74, 6) is -3.20. The number of carbonyl (C=O) groups excluding carboxylic acids is 1. The van der Waals surface area contributed by atoms with E-state index in [1.165, 1.54) is 29.7 Å². The second-order valence-electron chi connectivity index (χ2n) is 8.76. The number of pyridine rings is 1. The van der Waals surface area contributed by atoms with Gasteiger partial charge in [0.25, 0.3) is 15.9 Å². The van der Waals surface area contributed by atoms with Crippen LogP contribution in [0.2, 0.25) is 0 Å². The molecular formula is C26H21F3N6O3S. The summed E-state index contributed by atoms with van der Waals surface area (Å²) in [5, 5.41) is 0.712. The Morgan fingerprint density at radius 1 is 0.949 bits per heavy atom. The van der Waals surface area contributed by atoms with Crippen LogP contribution in [0.15, 0.2) is 78.5 Å². The van der Waals surface area contributed by atoms with Crippen LogP contribution in [0.25, 0.3) is 22.0 Å². The van der Waals surface area contributed by atoms with Gasteiger partial charge < -0.3 is 9.80 Å². The van der Waals surface area contributed by atoms with E-state index < -0.39 is 38.3 Å². The number of benzene rings is 2. The van der Waals surface area contributed by atoms with Crippen LogP contribution < -0.4 is 9.62 Å². The highest BCUT2D eigenvalue weighted by Crippen LogP contribution is 2.30. The summed E-state index contributed by atoms with van der Waals surface area (Å²) in [7, 11) is -4.35. The highest BCUT2D eigenvalue weighted by molar-refractivity contribution is 7.92. The normalized spacial score (nSPS) is 13.9. The van der Waals surface area contributed by atoms with Crippen LogP contribution in [0.3, 0.4) is 0 Å². The third-order valence-electron chi connectivity index (χ3n) is 6.22. The minimum Gasteiger partial charge on any atom is -0.352 e. The van der Waals surface area contributed by atoms with Crippen LogP contribution in [0.5, 0.6) is 0 Å². The average molecular weight is 555 g/mol. The maximum Gasteiger partial charge on any atom is 0.282 e. The van der Waals surface area contributed by atoms with Crippen molar-refractivity contribution in [1.82, 2.24) is 19.9 Å². The molecule has 5 rings (SSSR count). The van der Waals surface area contributed by atoms with Gasteiger partial charge in [0.1, 0.15) is 28.7 Å². The highest BCUT2D eigenvalue weighted by atomic mass is 32.2. The molecule has 2 aromatic carbocycles. The zero-order valence-corrected chi connectivity index (χ0v) is 21.1. The second kappa shape index (κ2) is 10.3. The number of halogens is 3. The number of anilines is 2. The van der Waals surface area contributed by atoms with E-state index in [2.05, 4.69) is 26.3 Å². The van der Waals surface area contributed by atoms with E-state index >= 15 is 0 Å². The number of nitrogens with one attached hydrogen (secondary N) is 1. The third-order valence-corrected chi connectivity index (χ3v) is 7.63. The first kappa shape index (κ1) is 26.1. The van der Waals surface area contributed by atoms with Crippen LogP contribution in [0.1, 0.15) is 0 Å². The van der Waals surface area contributed by atoms with Gasteiger partial charge in [-0.15, -0.1) is 0 Å². The lowest BCUT2D eigenvalue weighted by Gasteiger charge is -2.35. The van der Waals surface area contributed by atoms with E-state index in [0.717, 1.165) is 12.1 Å². The molecule has 1 amide bonds. The molecule has 1 saturated heterocycles. The Bertz CT molecular complexity index is 1710. The van der Waals surface area contributed by atoms with Crippen molar-refractivity contribution < 1.29 is 26.4 Å². The summed E-state index contributed by atoms with van der Waals surface area (Å²) in [6.07, 6.45) is 4.24. The molecule has 1 fully saturated rings. The number of sulfonamides is 1. The molecule has 39 heavy (non-hydrogen) atoms. The van der Waals surface area contributed by atoms with Gasteiger partial charge >= 0.3 is 0 Å². The predicted molar refractivity (Wildman–Crippen MR) is 139 cm³/mol. The topological polar surface area (TPSA) is 108 Å². The molecule has 1 N–H and O–H groups in total. The SMILES string of the molecule is C=C(F)C(=O)N1CCN(c2ncnc3ccc(-c4cncc(NS(=O)(=O)c5ccc(F)cc5F)c4)cc23)CC1. The lowest BCUT2D eigenvalue weighted by atomic mass is 10.0. The lowest BCUT2D eigenvalue weighted by molar-refractivity contribution is -0.128. The van der Waals surface area contributed by atoms with Crippen LogP contribution in [-0.4, -0.2) is 60.4 Å². The molecule has 0 aliphatic carbocycles. The number of hydrogen-bond acceptors (Lipinski definition) is 7. The molecule has 2 aromatic heterocycles. The van der Waals surface area contributed by atoms with Crippen LogP contribution >= 0.6 is 0 Å². The molecule has 0 atom stereocenters. The van der Waals surface area contributed by atoms with Crippen molar-refractivity contribution in [2.75, 3.05) is 35.8 Å². The summed E-state index contributed by atoms with van der Waals surface area (Å²) >= 11 is 0. The highest BCUT2D eigenvalue weighted by Gasteiger charge is 2.25. The number of nitrogens with zero attached hydrogens (tertiary/aromatic N) is 5. The average Bonchev–Trinajstić information content (AvgIpc) is 2.91. The van der Waals surface area contributed by atoms with Gasteiger partial charge in [-0.2, -0.15) is 0 Å². The first-order valence-electron chi connectivity index (χ1n) is 11.7. The molecule has 3 heterocycles. The van der Waals surface area contributed by atoms with Gasteiger partial charge in [0.05, 0.1) is 17.4 Å². The van der Waals surface area contributed by atoms with E-state index in [-0.39, 0.29) is 5.69 Å². The Balaban J connectivity index is 1.42. The third kappa shape index (κ3) is 5.39. The quantitative estimate of drug-likeness (QED) is 0.360. The maximum atomic E-state index is 14.1. The molecule has 0 unspecified atom stereocenters. The summed E-state index contributed by atoms with van der Waals surface area (Å²) < 4.78 is 68.3. The molecule has 0 spiro atoms. The van der Waals surface area contributed by atoms with Crippen LogP contribution in [0.4, 0.5) is 24.7 Å². The number of fused-ring (bicyclic) bond motifs is 1. The Morgan fingerprint density at radius 2 is 1.72 bits per heavy atom. The smallest absolute Gasteiger partial charge is 0.282 e. The van der Waals surface area contributed by atoms with Gasteiger partial charge in [-0.05, 0) is 35.9 Å². The fourth-order valence-corrected chi connectivity index (χ4v) is 5.42. The van der Waals surface area contributed by atoms with Gasteiger partial charge in [0, 0.05) is 49.4 Å². The minimum atomic E-state index is -4.35.